The van der Waals surface area contributed by atoms with E-state index in [9.17, 15) is 4.79 Å². The van der Waals surface area contributed by atoms with Crippen molar-refractivity contribution in [3.63, 3.8) is 0 Å². The number of thiophene rings is 1. The van der Waals surface area contributed by atoms with Gasteiger partial charge in [0.05, 0.1) is 10.6 Å². The van der Waals surface area contributed by atoms with Crippen LogP contribution in [0.3, 0.4) is 0 Å². The predicted octanol–water partition coefficient (Wildman–Crippen LogP) is 3.66. The van der Waals surface area contributed by atoms with Gasteiger partial charge in [0.2, 0.25) is 5.91 Å². The third-order valence-corrected chi connectivity index (χ3v) is 4.48. The number of amides is 1. The summed E-state index contributed by atoms with van der Waals surface area (Å²) in [6.45, 7) is 0. The average molecular weight is 305 g/mol. The van der Waals surface area contributed by atoms with E-state index in [0.29, 0.717) is 10.3 Å². The lowest BCUT2D eigenvalue weighted by molar-refractivity contribution is -0.122. The summed E-state index contributed by atoms with van der Waals surface area (Å²) in [6, 6.07) is 13.8. The molecule has 1 aliphatic carbocycles. The molecule has 0 aliphatic heterocycles. The standard InChI is InChI=1S/C15H13ClN2OS/c16-14-7-6-11(20-14)9-17-18-15(19)13-8-12(13)10-4-2-1-3-5-10/h1-7,9,12-13H,8H2,(H,18,19)/b17-9-/t12-,13-/m0/s1. The van der Waals surface area contributed by atoms with Crippen molar-refractivity contribution in [1.82, 2.24) is 5.43 Å². The fourth-order valence-electron chi connectivity index (χ4n) is 2.19. The van der Waals surface area contributed by atoms with Crippen LogP contribution in [0.2, 0.25) is 4.34 Å². The molecule has 102 valence electrons. The second-order valence-electron chi connectivity index (χ2n) is 4.74. The lowest BCUT2D eigenvalue weighted by Gasteiger charge is -1.99. The highest BCUT2D eigenvalue weighted by atomic mass is 35.5. The molecule has 20 heavy (non-hydrogen) atoms. The van der Waals surface area contributed by atoms with Crippen molar-refractivity contribution in [1.29, 1.82) is 0 Å². The number of nitrogens with one attached hydrogen (secondary N) is 1. The number of benzene rings is 1. The first-order valence-electron chi connectivity index (χ1n) is 6.37. The van der Waals surface area contributed by atoms with Crippen LogP contribution < -0.4 is 5.43 Å². The van der Waals surface area contributed by atoms with Crippen molar-refractivity contribution in [3.8, 4) is 0 Å². The number of halogens is 1. The largest absolute Gasteiger partial charge is 0.273 e. The number of hydrogen-bond acceptors (Lipinski definition) is 3. The Labute approximate surface area is 126 Å². The number of hydrazone groups is 1. The number of nitrogens with zero attached hydrogens (tertiary/aromatic N) is 1. The summed E-state index contributed by atoms with van der Waals surface area (Å²) in [6.07, 6.45) is 2.52. The normalized spacial score (nSPS) is 21.1. The van der Waals surface area contributed by atoms with Gasteiger partial charge in [-0.15, -0.1) is 11.3 Å². The zero-order chi connectivity index (χ0) is 13.9. The van der Waals surface area contributed by atoms with Gasteiger partial charge in [0, 0.05) is 10.8 Å². The predicted molar refractivity (Wildman–Crippen MR) is 82.4 cm³/mol. The number of carbonyl (C=O) groups is 1. The van der Waals surface area contributed by atoms with Crippen molar-refractivity contribution in [2.45, 2.75) is 12.3 Å². The van der Waals surface area contributed by atoms with Crippen molar-refractivity contribution >= 4 is 35.1 Å². The first kappa shape index (κ1) is 13.3. The molecule has 1 aliphatic rings. The van der Waals surface area contributed by atoms with Crippen LogP contribution in [0.5, 0.6) is 0 Å². The lowest BCUT2D eigenvalue weighted by atomic mass is 10.1. The van der Waals surface area contributed by atoms with Crippen LogP contribution >= 0.6 is 22.9 Å². The smallest absolute Gasteiger partial charge is 0.243 e. The van der Waals surface area contributed by atoms with Crippen LogP contribution in [0.4, 0.5) is 0 Å². The van der Waals surface area contributed by atoms with Gasteiger partial charge in [0.1, 0.15) is 0 Å². The Kier molecular flexibility index (Phi) is 3.85. The van der Waals surface area contributed by atoms with E-state index >= 15 is 0 Å². The highest BCUT2D eigenvalue weighted by Crippen LogP contribution is 2.47. The van der Waals surface area contributed by atoms with E-state index in [2.05, 4.69) is 22.7 Å². The molecular formula is C15H13ClN2OS. The maximum Gasteiger partial charge on any atom is 0.243 e. The molecular weight excluding hydrogens is 292 g/mol. The van der Waals surface area contributed by atoms with Crippen molar-refractivity contribution < 1.29 is 4.79 Å². The molecule has 2 atom stereocenters. The van der Waals surface area contributed by atoms with E-state index in [1.807, 2.05) is 30.3 Å². The topological polar surface area (TPSA) is 41.5 Å². The lowest BCUT2D eigenvalue weighted by Crippen LogP contribution is -2.19. The Hall–Kier alpha value is -1.65. The fraction of sp³-hybridized carbons (Fsp3) is 0.200. The van der Waals surface area contributed by atoms with E-state index in [1.54, 1.807) is 6.21 Å². The Morgan fingerprint density at radius 1 is 1.30 bits per heavy atom. The summed E-state index contributed by atoms with van der Waals surface area (Å²) in [5.74, 6) is 0.363. The first-order valence-corrected chi connectivity index (χ1v) is 7.56. The molecule has 0 saturated heterocycles. The molecule has 5 heteroatoms. The molecule has 2 aromatic rings. The van der Waals surface area contributed by atoms with Crippen molar-refractivity contribution in [3.05, 3.63) is 57.2 Å². The minimum Gasteiger partial charge on any atom is -0.273 e. The minimum atomic E-state index is -0.0160. The molecule has 0 spiro atoms. The minimum absolute atomic E-state index is 0.0160. The van der Waals surface area contributed by atoms with Gasteiger partial charge >= 0.3 is 0 Å². The van der Waals surface area contributed by atoms with Gasteiger partial charge in [-0.3, -0.25) is 4.79 Å². The highest BCUT2D eigenvalue weighted by Gasteiger charge is 2.43. The maximum absolute atomic E-state index is 11.9. The van der Waals surface area contributed by atoms with Gasteiger partial charge in [-0.2, -0.15) is 5.10 Å². The van der Waals surface area contributed by atoms with Gasteiger partial charge in [0.25, 0.3) is 0 Å². The van der Waals surface area contributed by atoms with Crippen LogP contribution in [0.1, 0.15) is 22.8 Å². The molecule has 1 aromatic heterocycles. The van der Waals surface area contributed by atoms with Crippen molar-refractivity contribution in [2.75, 3.05) is 0 Å². The van der Waals surface area contributed by atoms with Gasteiger partial charge in [0.15, 0.2) is 0 Å². The monoisotopic (exact) mass is 304 g/mol. The van der Waals surface area contributed by atoms with E-state index < -0.39 is 0 Å². The summed E-state index contributed by atoms with van der Waals surface area (Å²) < 4.78 is 0.712. The fourth-order valence-corrected chi connectivity index (χ4v) is 3.13. The number of rotatable bonds is 4. The summed E-state index contributed by atoms with van der Waals surface area (Å²) in [7, 11) is 0. The maximum atomic E-state index is 11.9. The number of hydrogen-bond donors (Lipinski definition) is 1. The van der Waals surface area contributed by atoms with Crippen LogP contribution in [0.15, 0.2) is 47.6 Å². The zero-order valence-corrected chi connectivity index (χ0v) is 12.2. The first-order chi connectivity index (χ1) is 9.74. The highest BCUT2D eigenvalue weighted by molar-refractivity contribution is 7.17. The third-order valence-electron chi connectivity index (χ3n) is 3.32. The molecule has 3 rings (SSSR count). The van der Waals surface area contributed by atoms with Gasteiger partial charge in [-0.1, -0.05) is 41.9 Å². The van der Waals surface area contributed by atoms with Gasteiger partial charge in [-0.05, 0) is 30.0 Å². The average Bonchev–Trinajstić information content (AvgIpc) is 3.17. The van der Waals surface area contributed by atoms with E-state index in [4.69, 9.17) is 11.6 Å². The van der Waals surface area contributed by atoms with Crippen LogP contribution in [0.25, 0.3) is 0 Å². The summed E-state index contributed by atoms with van der Waals surface area (Å²) in [5, 5.41) is 3.97. The molecule has 1 N–H and O–H groups in total. The van der Waals surface area contributed by atoms with Gasteiger partial charge in [-0.25, -0.2) is 5.43 Å². The Balaban J connectivity index is 1.53. The Morgan fingerprint density at radius 3 is 2.80 bits per heavy atom. The second-order valence-corrected chi connectivity index (χ2v) is 6.48. The van der Waals surface area contributed by atoms with Crippen LogP contribution in [-0.4, -0.2) is 12.1 Å². The zero-order valence-electron chi connectivity index (χ0n) is 10.6. The van der Waals surface area contributed by atoms with Crippen molar-refractivity contribution in [2.24, 2.45) is 11.0 Å². The van der Waals surface area contributed by atoms with E-state index in [-0.39, 0.29) is 11.8 Å². The SMILES string of the molecule is O=C(N/N=C\c1ccc(Cl)s1)[C@H]1C[C@H]1c1ccccc1. The number of carbonyl (C=O) groups excluding carboxylic acids is 1. The summed E-state index contributed by atoms with van der Waals surface area (Å²) in [5.41, 5.74) is 3.82. The molecule has 0 bridgehead atoms. The van der Waals surface area contributed by atoms with Crippen LogP contribution in [0, 0.1) is 5.92 Å². The van der Waals surface area contributed by atoms with E-state index in [1.165, 1.54) is 16.9 Å². The summed E-state index contributed by atoms with van der Waals surface area (Å²) in [4.78, 5) is 12.9. The molecule has 1 amide bonds. The van der Waals surface area contributed by atoms with Gasteiger partial charge < -0.3 is 0 Å². The molecule has 1 saturated carbocycles. The molecule has 0 radical (unpaired) electrons. The quantitative estimate of drug-likeness (QED) is 0.680. The molecule has 3 nitrogen and oxygen atoms in total. The third kappa shape index (κ3) is 3.08. The van der Waals surface area contributed by atoms with E-state index in [0.717, 1.165) is 11.3 Å². The Bertz CT molecular complexity index is 638. The molecule has 1 aromatic carbocycles. The summed E-state index contributed by atoms with van der Waals surface area (Å²) >= 11 is 7.24. The Morgan fingerprint density at radius 2 is 2.10 bits per heavy atom. The van der Waals surface area contributed by atoms with Crippen LogP contribution in [-0.2, 0) is 4.79 Å². The second kappa shape index (κ2) is 5.77. The molecule has 0 unspecified atom stereocenters. The molecule has 1 fully saturated rings. The molecule has 1 heterocycles.